The maximum atomic E-state index is 4.17. The van der Waals surface area contributed by atoms with E-state index in [1.54, 1.807) is 11.3 Å². The lowest BCUT2D eigenvalue weighted by molar-refractivity contribution is 1.24. The largest absolute Gasteiger partial charge is 0.240 e. The second-order valence-electron chi connectivity index (χ2n) is 1.67. The van der Waals surface area contributed by atoms with Crippen LogP contribution in [-0.4, -0.2) is 10.7 Å². The maximum absolute atomic E-state index is 4.17. The topological polar surface area (TPSA) is 12.9 Å². The molecule has 1 radical (unpaired) electrons. The molecule has 0 bridgehead atoms. The van der Waals surface area contributed by atoms with E-state index >= 15 is 0 Å². The number of thiazole rings is 1. The Hall–Kier alpha value is -0.0200. The quantitative estimate of drug-likeness (QED) is 0.655. The molecule has 1 nitrogen and oxygen atoms in total. The second-order valence-corrected chi connectivity index (χ2v) is 5.00. The molecule has 1 aromatic heterocycles. The summed E-state index contributed by atoms with van der Waals surface area (Å²) in [5.74, 6) is 1.14. The van der Waals surface area contributed by atoms with Crippen molar-refractivity contribution >= 4 is 22.2 Å². The molecule has 0 aliphatic carbocycles. The highest BCUT2D eigenvalue weighted by atomic mass is 32.2. The van der Waals surface area contributed by atoms with Gasteiger partial charge in [0.05, 0.1) is 0 Å². The summed E-state index contributed by atoms with van der Waals surface area (Å²) >= 11 is 1.71. The van der Waals surface area contributed by atoms with E-state index in [9.17, 15) is 0 Å². The van der Waals surface area contributed by atoms with Crippen LogP contribution in [0.5, 0.6) is 0 Å². The van der Waals surface area contributed by atoms with Crippen LogP contribution in [0.15, 0.2) is 15.9 Å². The lowest BCUT2D eigenvalue weighted by Crippen LogP contribution is -1.77. The zero-order valence-electron chi connectivity index (χ0n) is 5.37. The van der Waals surface area contributed by atoms with E-state index in [4.69, 9.17) is 0 Å². The molecule has 0 amide bonds. The molecule has 1 rings (SSSR count). The van der Waals surface area contributed by atoms with Crippen LogP contribution in [0.25, 0.3) is 0 Å². The Labute approximate surface area is 62.5 Å². The first-order valence-corrected chi connectivity index (χ1v) is 5.41. The number of hydrogen-bond acceptors (Lipinski definition) is 2. The van der Waals surface area contributed by atoms with Gasteiger partial charge < -0.3 is 0 Å². The zero-order valence-corrected chi connectivity index (χ0v) is 7.08. The third-order valence-corrected chi connectivity index (χ3v) is 4.16. The van der Waals surface area contributed by atoms with Crippen molar-refractivity contribution in [2.75, 3.05) is 5.75 Å². The van der Waals surface area contributed by atoms with E-state index in [1.165, 1.54) is 4.34 Å². The van der Waals surface area contributed by atoms with Crippen LogP contribution in [0, 0.1) is 6.26 Å². The lowest BCUT2D eigenvalue weighted by atomic mass is 11.0. The summed E-state index contributed by atoms with van der Waals surface area (Å²) in [7, 11) is -0.179. The number of thiol groups is 1. The van der Waals surface area contributed by atoms with Gasteiger partial charge in [0.25, 0.3) is 0 Å². The average molecular weight is 160 g/mol. The predicted molar refractivity (Wildman–Crippen MR) is 45.3 cm³/mol. The smallest absolute Gasteiger partial charge is 0.130 e. The van der Waals surface area contributed by atoms with Crippen LogP contribution in [0.3, 0.4) is 0 Å². The average Bonchev–Trinajstić information content (AvgIpc) is 2.37. The van der Waals surface area contributed by atoms with E-state index in [0.29, 0.717) is 0 Å². The summed E-state index contributed by atoms with van der Waals surface area (Å²) in [4.78, 5) is 4.17. The van der Waals surface area contributed by atoms with Gasteiger partial charge in [0.2, 0.25) is 0 Å². The molecule has 1 unspecified atom stereocenters. The normalized spacial score (nSPS) is 15.6. The summed E-state index contributed by atoms with van der Waals surface area (Å²) in [6, 6.07) is 0. The van der Waals surface area contributed by atoms with Gasteiger partial charge in [0, 0.05) is 11.6 Å². The Morgan fingerprint density at radius 1 is 1.89 bits per heavy atom. The van der Waals surface area contributed by atoms with Gasteiger partial charge in [-0.05, 0) is 12.0 Å². The van der Waals surface area contributed by atoms with Gasteiger partial charge in [-0.2, -0.15) is 0 Å². The maximum Gasteiger partial charge on any atom is 0.130 e. The fourth-order valence-electron chi connectivity index (χ4n) is 0.507. The van der Waals surface area contributed by atoms with Gasteiger partial charge >= 0.3 is 0 Å². The Balaban J connectivity index is 2.65. The van der Waals surface area contributed by atoms with Crippen molar-refractivity contribution in [1.82, 2.24) is 4.98 Å². The summed E-state index contributed by atoms with van der Waals surface area (Å²) in [5, 5.41) is 2.01. The molecule has 3 heteroatoms. The predicted octanol–water partition coefficient (Wildman–Crippen LogP) is 2.31. The van der Waals surface area contributed by atoms with Crippen LogP contribution >= 0.6 is 22.2 Å². The molecule has 1 heterocycles. The van der Waals surface area contributed by atoms with E-state index in [0.717, 1.165) is 5.75 Å². The molecule has 0 N–H and O–H groups in total. The highest BCUT2D eigenvalue weighted by Gasteiger charge is 1.98. The van der Waals surface area contributed by atoms with E-state index in [2.05, 4.69) is 18.2 Å². The molecule has 0 spiro atoms. The van der Waals surface area contributed by atoms with Crippen molar-refractivity contribution in [3.05, 3.63) is 17.8 Å². The van der Waals surface area contributed by atoms with Crippen molar-refractivity contribution in [3.8, 4) is 0 Å². The molecule has 0 fully saturated rings. The first-order valence-electron chi connectivity index (χ1n) is 2.82. The molecule has 1 atom stereocenters. The summed E-state index contributed by atoms with van der Waals surface area (Å²) in [6.07, 6.45) is 5.86. The minimum absolute atomic E-state index is 0.179. The number of nitrogens with zero attached hydrogens (tertiary/aromatic N) is 1. The molecule has 0 aliphatic heterocycles. The third kappa shape index (κ3) is 1.69. The van der Waals surface area contributed by atoms with Gasteiger partial charge in [-0.1, -0.05) is 6.92 Å². The number of hydrogen-bond donors (Lipinski definition) is 1. The Morgan fingerprint density at radius 2 is 2.67 bits per heavy atom. The summed E-state index contributed by atoms with van der Waals surface area (Å²) in [6.45, 7) is 2.15. The summed E-state index contributed by atoms with van der Waals surface area (Å²) in [5.41, 5.74) is 0. The van der Waals surface area contributed by atoms with Gasteiger partial charge in [0.1, 0.15) is 4.34 Å². The molecule has 0 saturated carbocycles. The SMILES string of the molecule is [CH2][SH](CC)c1nccs1. The van der Waals surface area contributed by atoms with E-state index in [-0.39, 0.29) is 10.9 Å². The monoisotopic (exact) mass is 160 g/mol. The van der Waals surface area contributed by atoms with Crippen molar-refractivity contribution < 1.29 is 0 Å². The van der Waals surface area contributed by atoms with Gasteiger partial charge in [-0.25, -0.2) is 15.9 Å². The number of rotatable bonds is 2. The fraction of sp³-hybridized carbons (Fsp3) is 0.333. The van der Waals surface area contributed by atoms with Crippen LogP contribution < -0.4 is 0 Å². The third-order valence-electron chi connectivity index (χ3n) is 1.07. The molecule has 9 heavy (non-hydrogen) atoms. The van der Waals surface area contributed by atoms with Crippen LogP contribution in [0.2, 0.25) is 0 Å². The molecule has 1 aromatic rings. The fourth-order valence-corrected chi connectivity index (χ4v) is 2.54. The van der Waals surface area contributed by atoms with E-state index < -0.39 is 0 Å². The minimum Gasteiger partial charge on any atom is -0.240 e. The number of aromatic nitrogens is 1. The Bertz CT molecular complexity index is 160. The molecular formula is C6H10NS2. The lowest BCUT2D eigenvalue weighted by Gasteiger charge is -2.06. The Morgan fingerprint density at radius 3 is 3.11 bits per heavy atom. The Kier molecular flexibility index (Phi) is 2.54. The highest BCUT2D eigenvalue weighted by Crippen LogP contribution is 2.34. The van der Waals surface area contributed by atoms with Crippen LogP contribution in [0.1, 0.15) is 6.92 Å². The zero-order chi connectivity index (χ0) is 6.69. The molecular weight excluding hydrogens is 150 g/mol. The minimum atomic E-state index is -0.179. The molecule has 0 saturated heterocycles. The van der Waals surface area contributed by atoms with E-state index in [1.807, 2.05) is 11.6 Å². The van der Waals surface area contributed by atoms with Crippen molar-refractivity contribution in [3.63, 3.8) is 0 Å². The first-order chi connectivity index (χ1) is 4.34. The van der Waals surface area contributed by atoms with Gasteiger partial charge in [0.15, 0.2) is 0 Å². The summed E-state index contributed by atoms with van der Waals surface area (Å²) < 4.78 is 1.22. The van der Waals surface area contributed by atoms with Crippen LogP contribution in [0.4, 0.5) is 0 Å². The van der Waals surface area contributed by atoms with Gasteiger partial charge in [-0.3, -0.25) is 0 Å². The highest BCUT2D eigenvalue weighted by molar-refractivity contribution is 8.19. The molecule has 0 aliphatic rings. The standard InChI is InChI=1S/C6H10NS2/c1-3-9(2)6-7-4-5-8-6/h4-5,9H,2-3H2,1H3. The molecule has 51 valence electrons. The first kappa shape index (κ1) is 7.09. The van der Waals surface area contributed by atoms with Crippen LogP contribution in [-0.2, 0) is 0 Å². The van der Waals surface area contributed by atoms with Crippen molar-refractivity contribution in [2.45, 2.75) is 11.3 Å². The second kappa shape index (κ2) is 3.22. The van der Waals surface area contributed by atoms with Gasteiger partial charge in [-0.15, -0.1) is 11.3 Å². The molecule has 0 aromatic carbocycles. The van der Waals surface area contributed by atoms with Crippen molar-refractivity contribution in [2.24, 2.45) is 0 Å². The van der Waals surface area contributed by atoms with Crippen molar-refractivity contribution in [1.29, 1.82) is 0 Å².